The van der Waals surface area contributed by atoms with Crippen LogP contribution in [0.3, 0.4) is 0 Å². The third kappa shape index (κ3) is 3.50. The molecule has 0 spiro atoms. The van der Waals surface area contributed by atoms with E-state index in [9.17, 15) is 4.79 Å². The summed E-state index contributed by atoms with van der Waals surface area (Å²) in [5, 5.41) is 0. The minimum absolute atomic E-state index is 0.287. The van der Waals surface area contributed by atoms with Crippen LogP contribution in [0.25, 0.3) is 0 Å². The number of hydrogen-bond donors (Lipinski definition) is 0. The smallest absolute Gasteiger partial charge is 0.169 e. The fourth-order valence-corrected chi connectivity index (χ4v) is 4.23. The Bertz CT molecular complexity index is 448. The van der Waals surface area contributed by atoms with Crippen molar-refractivity contribution in [2.45, 2.75) is 64.9 Å². The van der Waals surface area contributed by atoms with Crippen molar-refractivity contribution < 1.29 is 9.53 Å². The standard InChI is InChI=1S/C17H26O2S/c1-4-14-8-9-15(20-14)11-16(18)17(19-5-2)10-6-7-13(3)12-17/h8-9,13H,4-7,10-12H2,1-3H3. The van der Waals surface area contributed by atoms with Crippen LogP contribution in [0, 0.1) is 5.92 Å². The number of carbonyl (C=O) groups excluding carboxylic acids is 1. The van der Waals surface area contributed by atoms with Crippen LogP contribution in [0.5, 0.6) is 0 Å². The van der Waals surface area contributed by atoms with Gasteiger partial charge in [-0.15, -0.1) is 11.3 Å². The van der Waals surface area contributed by atoms with E-state index >= 15 is 0 Å². The Balaban J connectivity index is 2.10. The quantitative estimate of drug-likeness (QED) is 0.777. The third-order valence-electron chi connectivity index (χ3n) is 4.29. The van der Waals surface area contributed by atoms with E-state index in [1.807, 2.05) is 6.92 Å². The van der Waals surface area contributed by atoms with Crippen LogP contribution in [0.2, 0.25) is 0 Å². The summed E-state index contributed by atoms with van der Waals surface area (Å²) in [5.74, 6) is 0.879. The number of Topliss-reactive ketones (excluding diaryl/α,β-unsaturated/α-hetero) is 1. The number of ketones is 1. The molecule has 0 aromatic carbocycles. The maximum Gasteiger partial charge on any atom is 0.169 e. The molecule has 2 rings (SSSR count). The molecule has 3 heteroatoms. The van der Waals surface area contributed by atoms with E-state index in [1.165, 1.54) is 16.2 Å². The van der Waals surface area contributed by atoms with Gasteiger partial charge in [0.1, 0.15) is 5.60 Å². The molecular weight excluding hydrogens is 268 g/mol. The van der Waals surface area contributed by atoms with Crippen LogP contribution in [-0.4, -0.2) is 18.0 Å². The highest BCUT2D eigenvalue weighted by Gasteiger charge is 2.41. The van der Waals surface area contributed by atoms with Gasteiger partial charge < -0.3 is 4.74 Å². The summed E-state index contributed by atoms with van der Waals surface area (Å²) < 4.78 is 5.96. The predicted octanol–water partition coefficient (Wildman–Crippen LogP) is 4.41. The summed E-state index contributed by atoms with van der Waals surface area (Å²) in [5.41, 5.74) is -0.511. The molecule has 1 aromatic rings. The first-order valence-electron chi connectivity index (χ1n) is 7.84. The minimum Gasteiger partial charge on any atom is -0.367 e. The molecule has 20 heavy (non-hydrogen) atoms. The van der Waals surface area contributed by atoms with Crippen LogP contribution < -0.4 is 0 Å². The summed E-state index contributed by atoms with van der Waals surface area (Å²) in [6.45, 7) is 7.01. The maximum atomic E-state index is 12.8. The Morgan fingerprint density at radius 3 is 2.75 bits per heavy atom. The number of ether oxygens (including phenoxy) is 1. The molecule has 1 aliphatic carbocycles. The molecule has 2 unspecified atom stereocenters. The number of thiophene rings is 1. The lowest BCUT2D eigenvalue weighted by Crippen LogP contribution is -2.46. The zero-order valence-corrected chi connectivity index (χ0v) is 13.7. The van der Waals surface area contributed by atoms with Crippen molar-refractivity contribution in [2.24, 2.45) is 5.92 Å². The lowest BCUT2D eigenvalue weighted by atomic mass is 9.75. The SMILES string of the molecule is CCOC1(C(=O)Cc2ccc(CC)s2)CCCC(C)C1. The van der Waals surface area contributed by atoms with Crippen LogP contribution >= 0.6 is 11.3 Å². The van der Waals surface area contributed by atoms with E-state index in [1.54, 1.807) is 11.3 Å². The van der Waals surface area contributed by atoms with Crippen molar-refractivity contribution in [1.82, 2.24) is 0 Å². The molecule has 112 valence electrons. The highest BCUT2D eigenvalue weighted by Crippen LogP contribution is 2.37. The molecule has 0 aliphatic heterocycles. The molecule has 0 N–H and O–H groups in total. The zero-order valence-electron chi connectivity index (χ0n) is 12.9. The van der Waals surface area contributed by atoms with Gasteiger partial charge in [0.2, 0.25) is 0 Å². The number of hydrogen-bond acceptors (Lipinski definition) is 3. The van der Waals surface area contributed by atoms with Gasteiger partial charge in [0.15, 0.2) is 5.78 Å². The van der Waals surface area contributed by atoms with E-state index in [0.717, 1.165) is 25.7 Å². The van der Waals surface area contributed by atoms with Gasteiger partial charge >= 0.3 is 0 Å². The van der Waals surface area contributed by atoms with E-state index in [4.69, 9.17) is 4.74 Å². The second-order valence-corrected chi connectivity index (χ2v) is 7.20. The maximum absolute atomic E-state index is 12.8. The first kappa shape index (κ1) is 15.7. The molecule has 0 bridgehead atoms. The Hall–Kier alpha value is -0.670. The monoisotopic (exact) mass is 294 g/mol. The Morgan fingerprint density at radius 1 is 1.40 bits per heavy atom. The fraction of sp³-hybridized carbons (Fsp3) is 0.706. The predicted molar refractivity (Wildman–Crippen MR) is 84.4 cm³/mol. The highest BCUT2D eigenvalue weighted by molar-refractivity contribution is 7.12. The molecule has 1 saturated carbocycles. The second kappa shape index (κ2) is 6.86. The van der Waals surface area contributed by atoms with Crippen LogP contribution in [0.15, 0.2) is 12.1 Å². The lowest BCUT2D eigenvalue weighted by molar-refractivity contribution is -0.150. The average molecular weight is 294 g/mol. The largest absolute Gasteiger partial charge is 0.367 e. The van der Waals surface area contributed by atoms with Gasteiger partial charge in [-0.05, 0) is 50.7 Å². The average Bonchev–Trinajstić information content (AvgIpc) is 2.86. The molecule has 2 nitrogen and oxygen atoms in total. The highest BCUT2D eigenvalue weighted by atomic mass is 32.1. The van der Waals surface area contributed by atoms with Crippen molar-refractivity contribution in [1.29, 1.82) is 0 Å². The molecular formula is C17H26O2S. The van der Waals surface area contributed by atoms with Crippen LogP contribution in [0.4, 0.5) is 0 Å². The van der Waals surface area contributed by atoms with Crippen molar-refractivity contribution >= 4 is 17.1 Å². The fourth-order valence-electron chi connectivity index (χ4n) is 3.27. The van der Waals surface area contributed by atoms with Gasteiger partial charge in [-0.1, -0.05) is 20.3 Å². The van der Waals surface area contributed by atoms with Crippen LogP contribution in [0.1, 0.15) is 56.2 Å². The number of aryl methyl sites for hydroxylation is 1. The Labute approximate surface area is 126 Å². The van der Waals surface area contributed by atoms with Crippen molar-refractivity contribution in [2.75, 3.05) is 6.61 Å². The van der Waals surface area contributed by atoms with Gasteiger partial charge in [0.25, 0.3) is 0 Å². The third-order valence-corrected chi connectivity index (χ3v) is 5.51. The summed E-state index contributed by atoms with van der Waals surface area (Å²) in [7, 11) is 0. The summed E-state index contributed by atoms with van der Waals surface area (Å²) in [4.78, 5) is 15.3. The topological polar surface area (TPSA) is 26.3 Å². The zero-order chi connectivity index (χ0) is 14.6. The van der Waals surface area contributed by atoms with Crippen LogP contribution in [-0.2, 0) is 22.4 Å². The van der Waals surface area contributed by atoms with Crippen molar-refractivity contribution in [3.8, 4) is 0 Å². The minimum atomic E-state index is -0.511. The van der Waals surface area contributed by atoms with E-state index in [-0.39, 0.29) is 5.78 Å². The van der Waals surface area contributed by atoms with Gasteiger partial charge in [-0.25, -0.2) is 0 Å². The van der Waals surface area contributed by atoms with E-state index in [2.05, 4.69) is 26.0 Å². The van der Waals surface area contributed by atoms with E-state index < -0.39 is 5.60 Å². The Kier molecular flexibility index (Phi) is 5.39. The van der Waals surface area contributed by atoms with Gasteiger partial charge in [0.05, 0.1) is 0 Å². The first-order valence-corrected chi connectivity index (χ1v) is 8.66. The molecule has 0 radical (unpaired) electrons. The van der Waals surface area contributed by atoms with E-state index in [0.29, 0.717) is 18.9 Å². The van der Waals surface area contributed by atoms with Gasteiger partial charge in [-0.3, -0.25) is 4.79 Å². The summed E-state index contributed by atoms with van der Waals surface area (Å²) in [6, 6.07) is 4.25. The summed E-state index contributed by atoms with van der Waals surface area (Å²) in [6.07, 6.45) is 5.71. The second-order valence-electron chi connectivity index (χ2n) is 5.95. The van der Waals surface area contributed by atoms with Gasteiger partial charge in [0, 0.05) is 22.8 Å². The molecule has 1 aromatic heterocycles. The molecule has 0 saturated heterocycles. The number of rotatable bonds is 6. The molecule has 0 amide bonds. The number of carbonyl (C=O) groups is 1. The normalized spacial score (nSPS) is 26.6. The first-order chi connectivity index (χ1) is 9.59. The van der Waals surface area contributed by atoms with Crippen molar-refractivity contribution in [3.05, 3.63) is 21.9 Å². The lowest BCUT2D eigenvalue weighted by Gasteiger charge is -2.38. The molecule has 1 heterocycles. The molecule has 1 fully saturated rings. The Morgan fingerprint density at radius 2 is 2.15 bits per heavy atom. The van der Waals surface area contributed by atoms with Gasteiger partial charge in [-0.2, -0.15) is 0 Å². The molecule has 1 aliphatic rings. The van der Waals surface area contributed by atoms with Crippen molar-refractivity contribution in [3.63, 3.8) is 0 Å². The summed E-state index contributed by atoms with van der Waals surface area (Å²) >= 11 is 1.77. The molecule has 2 atom stereocenters.